The van der Waals surface area contributed by atoms with Gasteiger partial charge in [0.05, 0.1) is 12.0 Å². The van der Waals surface area contributed by atoms with E-state index in [0.29, 0.717) is 18.7 Å². The molecule has 1 aliphatic rings. The maximum atomic E-state index is 12.8. The second-order valence-corrected chi connectivity index (χ2v) is 8.36. The van der Waals surface area contributed by atoms with Crippen LogP contribution in [0.2, 0.25) is 0 Å². The standard InChI is InChI=1S/C21H20N2O4S/c1-27-19-10-4-16-14-20(11-5-15(16)13-19)28(25,26)22-17-6-8-18(9-7-17)23-12-2-3-21(23)24/h4-11,13-14,22H,2-3,12H2,1H3. The van der Waals surface area contributed by atoms with Crippen LogP contribution in [0.4, 0.5) is 11.4 Å². The Hall–Kier alpha value is -3.06. The number of fused-ring (bicyclic) bond motifs is 1. The zero-order valence-corrected chi connectivity index (χ0v) is 16.2. The molecule has 1 N–H and O–H groups in total. The molecule has 1 amide bonds. The maximum Gasteiger partial charge on any atom is 0.261 e. The van der Waals surface area contributed by atoms with Gasteiger partial charge in [0, 0.05) is 24.3 Å². The molecular formula is C21H20N2O4S. The lowest BCUT2D eigenvalue weighted by atomic mass is 10.1. The van der Waals surface area contributed by atoms with E-state index in [-0.39, 0.29) is 10.8 Å². The average molecular weight is 396 g/mol. The molecule has 3 aromatic carbocycles. The lowest BCUT2D eigenvalue weighted by Gasteiger charge is -2.16. The van der Waals surface area contributed by atoms with Crippen molar-refractivity contribution in [1.82, 2.24) is 0 Å². The number of benzene rings is 3. The fourth-order valence-electron chi connectivity index (χ4n) is 3.34. The van der Waals surface area contributed by atoms with Gasteiger partial charge in [-0.25, -0.2) is 8.42 Å². The van der Waals surface area contributed by atoms with Gasteiger partial charge in [0.1, 0.15) is 5.75 Å². The summed E-state index contributed by atoms with van der Waals surface area (Å²) in [7, 11) is -2.13. The van der Waals surface area contributed by atoms with Gasteiger partial charge in [-0.15, -0.1) is 0 Å². The minimum Gasteiger partial charge on any atom is -0.497 e. The molecule has 1 aliphatic heterocycles. The smallest absolute Gasteiger partial charge is 0.261 e. The molecule has 0 unspecified atom stereocenters. The number of amides is 1. The molecule has 144 valence electrons. The lowest BCUT2D eigenvalue weighted by molar-refractivity contribution is -0.117. The zero-order chi connectivity index (χ0) is 19.7. The second-order valence-electron chi connectivity index (χ2n) is 6.68. The first-order chi connectivity index (χ1) is 13.5. The molecule has 7 heteroatoms. The van der Waals surface area contributed by atoms with Crippen molar-refractivity contribution in [3.05, 3.63) is 60.7 Å². The highest BCUT2D eigenvalue weighted by Gasteiger charge is 2.22. The predicted octanol–water partition coefficient (Wildman–Crippen LogP) is 3.78. The summed E-state index contributed by atoms with van der Waals surface area (Å²) in [4.78, 5) is 13.7. The van der Waals surface area contributed by atoms with Crippen molar-refractivity contribution in [2.75, 3.05) is 23.3 Å². The van der Waals surface area contributed by atoms with Crippen molar-refractivity contribution in [2.24, 2.45) is 0 Å². The minimum atomic E-state index is -3.72. The molecule has 0 aliphatic carbocycles. The third-order valence-corrected chi connectivity index (χ3v) is 6.21. The number of nitrogens with one attached hydrogen (secondary N) is 1. The molecule has 28 heavy (non-hydrogen) atoms. The summed E-state index contributed by atoms with van der Waals surface area (Å²) >= 11 is 0. The summed E-state index contributed by atoms with van der Waals surface area (Å²) in [6.07, 6.45) is 1.41. The first-order valence-electron chi connectivity index (χ1n) is 8.97. The minimum absolute atomic E-state index is 0.0983. The van der Waals surface area contributed by atoms with Gasteiger partial charge in [0.2, 0.25) is 5.91 Å². The van der Waals surface area contributed by atoms with E-state index in [1.165, 1.54) is 0 Å². The number of carbonyl (C=O) groups is 1. The van der Waals surface area contributed by atoms with E-state index in [1.807, 2.05) is 12.1 Å². The molecule has 3 aromatic rings. The van der Waals surface area contributed by atoms with Crippen LogP contribution in [0.15, 0.2) is 65.6 Å². The number of hydrogen-bond acceptors (Lipinski definition) is 4. The van der Waals surface area contributed by atoms with E-state index in [4.69, 9.17) is 4.74 Å². The number of nitrogens with zero attached hydrogens (tertiary/aromatic N) is 1. The molecule has 1 saturated heterocycles. The van der Waals surface area contributed by atoms with Gasteiger partial charge in [0.25, 0.3) is 10.0 Å². The average Bonchev–Trinajstić information content (AvgIpc) is 3.13. The van der Waals surface area contributed by atoms with E-state index in [1.54, 1.807) is 60.5 Å². The van der Waals surface area contributed by atoms with Gasteiger partial charge in [-0.1, -0.05) is 12.1 Å². The van der Waals surface area contributed by atoms with Crippen LogP contribution >= 0.6 is 0 Å². The van der Waals surface area contributed by atoms with Crippen LogP contribution in [0.25, 0.3) is 10.8 Å². The fourth-order valence-corrected chi connectivity index (χ4v) is 4.43. The largest absolute Gasteiger partial charge is 0.497 e. The Morgan fingerprint density at radius 1 is 0.964 bits per heavy atom. The highest BCUT2D eigenvalue weighted by atomic mass is 32.2. The zero-order valence-electron chi connectivity index (χ0n) is 15.4. The van der Waals surface area contributed by atoms with Gasteiger partial charge in [-0.3, -0.25) is 9.52 Å². The highest BCUT2D eigenvalue weighted by Crippen LogP contribution is 2.26. The number of carbonyl (C=O) groups excluding carboxylic acids is 1. The highest BCUT2D eigenvalue weighted by molar-refractivity contribution is 7.92. The van der Waals surface area contributed by atoms with Crippen molar-refractivity contribution >= 4 is 38.1 Å². The van der Waals surface area contributed by atoms with Crippen molar-refractivity contribution in [2.45, 2.75) is 17.7 Å². The fraction of sp³-hybridized carbons (Fsp3) is 0.190. The molecule has 0 spiro atoms. The van der Waals surface area contributed by atoms with Crippen LogP contribution < -0.4 is 14.4 Å². The Kier molecular flexibility index (Phi) is 4.68. The first kappa shape index (κ1) is 18.3. The van der Waals surface area contributed by atoms with Crippen molar-refractivity contribution in [3.63, 3.8) is 0 Å². The molecule has 1 fully saturated rings. The normalized spacial score (nSPS) is 14.5. The third-order valence-electron chi connectivity index (χ3n) is 4.83. The monoisotopic (exact) mass is 396 g/mol. The SMILES string of the molecule is COc1ccc2cc(S(=O)(=O)Nc3ccc(N4CCCC4=O)cc3)ccc2c1. The Morgan fingerprint density at radius 3 is 2.36 bits per heavy atom. The van der Waals surface area contributed by atoms with Crippen LogP contribution in [-0.4, -0.2) is 28.0 Å². The molecule has 0 bridgehead atoms. The Bertz CT molecular complexity index is 1140. The van der Waals surface area contributed by atoms with Crippen LogP contribution in [0.3, 0.4) is 0 Å². The molecule has 1 heterocycles. The van der Waals surface area contributed by atoms with E-state index in [0.717, 1.165) is 28.6 Å². The first-order valence-corrected chi connectivity index (χ1v) is 10.5. The summed E-state index contributed by atoms with van der Waals surface area (Å²) in [5.41, 5.74) is 1.23. The Balaban J connectivity index is 1.56. The van der Waals surface area contributed by atoms with Gasteiger partial charge in [-0.05, 0) is 65.7 Å². The van der Waals surface area contributed by atoms with E-state index >= 15 is 0 Å². The summed E-state index contributed by atoms with van der Waals surface area (Å²) in [6.45, 7) is 0.700. The van der Waals surface area contributed by atoms with Gasteiger partial charge in [-0.2, -0.15) is 0 Å². The van der Waals surface area contributed by atoms with E-state index < -0.39 is 10.0 Å². The molecular weight excluding hydrogens is 376 g/mol. The molecule has 0 atom stereocenters. The van der Waals surface area contributed by atoms with E-state index in [2.05, 4.69) is 4.72 Å². The van der Waals surface area contributed by atoms with E-state index in [9.17, 15) is 13.2 Å². The molecule has 0 saturated carbocycles. The lowest BCUT2D eigenvalue weighted by Crippen LogP contribution is -2.23. The Labute approximate surface area is 163 Å². The summed E-state index contributed by atoms with van der Waals surface area (Å²) in [5.74, 6) is 0.818. The quantitative estimate of drug-likeness (QED) is 0.712. The molecule has 0 aromatic heterocycles. The number of ether oxygens (including phenoxy) is 1. The van der Waals surface area contributed by atoms with Crippen molar-refractivity contribution < 1.29 is 17.9 Å². The van der Waals surface area contributed by atoms with Crippen LogP contribution in [-0.2, 0) is 14.8 Å². The molecule has 4 rings (SSSR count). The van der Waals surface area contributed by atoms with Crippen LogP contribution in [0, 0.1) is 0 Å². The molecule has 0 radical (unpaired) electrons. The number of hydrogen-bond donors (Lipinski definition) is 1. The maximum absolute atomic E-state index is 12.8. The van der Waals surface area contributed by atoms with Crippen LogP contribution in [0.5, 0.6) is 5.75 Å². The number of methoxy groups -OCH3 is 1. The predicted molar refractivity (Wildman–Crippen MR) is 109 cm³/mol. The van der Waals surface area contributed by atoms with Gasteiger partial charge >= 0.3 is 0 Å². The second kappa shape index (κ2) is 7.16. The van der Waals surface area contributed by atoms with Crippen LogP contribution in [0.1, 0.15) is 12.8 Å². The summed E-state index contributed by atoms with van der Waals surface area (Å²) in [5, 5.41) is 1.71. The van der Waals surface area contributed by atoms with Crippen molar-refractivity contribution in [3.8, 4) is 5.75 Å². The van der Waals surface area contributed by atoms with Gasteiger partial charge < -0.3 is 9.64 Å². The molecule has 6 nitrogen and oxygen atoms in total. The number of rotatable bonds is 5. The topological polar surface area (TPSA) is 75.7 Å². The Morgan fingerprint density at radius 2 is 1.68 bits per heavy atom. The number of sulfonamides is 1. The summed E-state index contributed by atoms with van der Waals surface area (Å²) < 4.78 is 33.3. The third kappa shape index (κ3) is 3.53. The summed E-state index contributed by atoms with van der Waals surface area (Å²) in [6, 6.07) is 17.3. The van der Waals surface area contributed by atoms with Crippen molar-refractivity contribution in [1.29, 1.82) is 0 Å². The van der Waals surface area contributed by atoms with Gasteiger partial charge in [0.15, 0.2) is 0 Å². The number of anilines is 2.